The van der Waals surface area contributed by atoms with E-state index in [1.54, 1.807) is 0 Å². The summed E-state index contributed by atoms with van der Waals surface area (Å²) in [6.45, 7) is 0. The molecule has 12 rings (SSSR count). The molecule has 0 bridgehead atoms. The number of rotatable bonds is 7. The molecule has 12 aromatic rings. The lowest BCUT2D eigenvalue weighted by molar-refractivity contribution is 0.674. The van der Waals surface area contributed by atoms with Crippen LogP contribution in [0.1, 0.15) is 0 Å². The Morgan fingerprint density at radius 1 is 0.274 bits per heavy atom. The minimum Gasteiger partial charge on any atom is -0.455 e. The van der Waals surface area contributed by atoms with E-state index in [-0.39, 0.29) is 0 Å². The van der Waals surface area contributed by atoms with E-state index in [2.05, 4.69) is 241 Å². The van der Waals surface area contributed by atoms with Crippen LogP contribution < -0.4 is 4.90 Å². The van der Waals surface area contributed by atoms with Gasteiger partial charge in [0.2, 0.25) is 0 Å². The van der Waals surface area contributed by atoms with Crippen LogP contribution in [-0.2, 0) is 0 Å². The highest BCUT2D eigenvalue weighted by Crippen LogP contribution is 2.48. The Kier molecular flexibility index (Phi) is 8.53. The SMILES string of the molecule is c1ccc(-c2ccc(N(c3cccc(-c4c(-c5ccccc5)c5ccccc5c5ccccc45)c3)c3ccccc3-c3cccc4c3oc3c5ccccc5ccc43)cc2)cc1. The van der Waals surface area contributed by atoms with E-state index in [0.717, 1.165) is 61.1 Å². The highest BCUT2D eigenvalue weighted by Gasteiger charge is 2.23. The molecule has 0 radical (unpaired) electrons. The monoisotopic (exact) mass is 789 g/mol. The second-order valence-corrected chi connectivity index (χ2v) is 16.0. The molecule has 2 nitrogen and oxygen atoms in total. The standard InChI is InChI=1S/C60H39NO/c1-3-17-40(18-4-1)41-33-36-45(37-34-41)61(56-32-14-13-27-50(56)53-30-16-31-54-55-38-35-42-19-7-8-24-47(42)59(55)62-60(53)54)46-23-15-22-44(39-46)58-52-29-12-10-26-49(52)48-25-9-11-28-51(48)57(58)43-20-5-2-6-21-43/h1-39H. The van der Waals surface area contributed by atoms with Gasteiger partial charge in [-0.15, -0.1) is 0 Å². The topological polar surface area (TPSA) is 16.4 Å². The first-order valence-corrected chi connectivity index (χ1v) is 21.3. The van der Waals surface area contributed by atoms with Gasteiger partial charge >= 0.3 is 0 Å². The van der Waals surface area contributed by atoms with Crippen LogP contribution in [0, 0.1) is 0 Å². The van der Waals surface area contributed by atoms with Crippen molar-refractivity contribution in [3.05, 3.63) is 237 Å². The largest absolute Gasteiger partial charge is 0.455 e. The molecule has 0 spiro atoms. The molecular formula is C60H39NO. The summed E-state index contributed by atoms with van der Waals surface area (Å²) in [6.07, 6.45) is 0. The number of fused-ring (bicyclic) bond motifs is 8. The molecule has 0 aliphatic heterocycles. The number of para-hydroxylation sites is 2. The fourth-order valence-corrected chi connectivity index (χ4v) is 9.64. The number of nitrogens with zero attached hydrogens (tertiary/aromatic N) is 1. The normalized spacial score (nSPS) is 11.5. The van der Waals surface area contributed by atoms with Crippen molar-refractivity contribution in [2.75, 3.05) is 4.90 Å². The zero-order valence-electron chi connectivity index (χ0n) is 33.9. The molecule has 0 aliphatic carbocycles. The number of hydrogen-bond donors (Lipinski definition) is 0. The van der Waals surface area contributed by atoms with Gasteiger partial charge in [-0.05, 0) is 96.7 Å². The molecule has 0 saturated heterocycles. The van der Waals surface area contributed by atoms with Crippen molar-refractivity contribution < 1.29 is 4.42 Å². The average molecular weight is 790 g/mol. The van der Waals surface area contributed by atoms with Crippen molar-refractivity contribution in [1.29, 1.82) is 0 Å². The van der Waals surface area contributed by atoms with Crippen molar-refractivity contribution in [2.45, 2.75) is 0 Å². The maximum atomic E-state index is 6.95. The molecule has 0 fully saturated rings. The van der Waals surface area contributed by atoms with Crippen molar-refractivity contribution in [2.24, 2.45) is 0 Å². The summed E-state index contributed by atoms with van der Waals surface area (Å²) in [5, 5.41) is 9.48. The molecule has 62 heavy (non-hydrogen) atoms. The van der Waals surface area contributed by atoms with E-state index in [1.165, 1.54) is 54.7 Å². The van der Waals surface area contributed by atoms with Gasteiger partial charge in [0.1, 0.15) is 11.2 Å². The molecule has 290 valence electrons. The van der Waals surface area contributed by atoms with Crippen LogP contribution in [0.4, 0.5) is 17.1 Å². The highest BCUT2D eigenvalue weighted by molar-refractivity contribution is 6.22. The van der Waals surface area contributed by atoms with Crippen molar-refractivity contribution in [3.63, 3.8) is 0 Å². The lowest BCUT2D eigenvalue weighted by Crippen LogP contribution is -2.11. The zero-order valence-corrected chi connectivity index (χ0v) is 33.9. The third-order valence-electron chi connectivity index (χ3n) is 12.4. The summed E-state index contributed by atoms with van der Waals surface area (Å²) in [4.78, 5) is 2.41. The van der Waals surface area contributed by atoms with Crippen LogP contribution in [0.5, 0.6) is 0 Å². The highest BCUT2D eigenvalue weighted by atomic mass is 16.3. The van der Waals surface area contributed by atoms with E-state index in [1.807, 2.05) is 0 Å². The molecule has 1 aromatic heterocycles. The smallest absolute Gasteiger partial charge is 0.143 e. The first-order valence-electron chi connectivity index (χ1n) is 21.3. The molecule has 0 saturated carbocycles. The Morgan fingerprint density at radius 2 is 0.790 bits per heavy atom. The first kappa shape index (κ1) is 35.7. The van der Waals surface area contributed by atoms with Crippen molar-refractivity contribution >= 4 is 71.3 Å². The number of benzene rings is 11. The number of anilines is 3. The Bertz CT molecular complexity index is 3620. The lowest BCUT2D eigenvalue weighted by Gasteiger charge is -2.29. The zero-order chi connectivity index (χ0) is 41.0. The third-order valence-corrected chi connectivity index (χ3v) is 12.4. The van der Waals surface area contributed by atoms with Crippen LogP contribution in [-0.4, -0.2) is 0 Å². The van der Waals surface area contributed by atoms with Gasteiger partial charge in [0.25, 0.3) is 0 Å². The Morgan fingerprint density at radius 3 is 1.53 bits per heavy atom. The van der Waals surface area contributed by atoms with E-state index < -0.39 is 0 Å². The quantitative estimate of drug-likeness (QED) is 0.150. The van der Waals surface area contributed by atoms with Gasteiger partial charge in [-0.3, -0.25) is 0 Å². The van der Waals surface area contributed by atoms with Crippen LogP contribution in [0.25, 0.3) is 98.8 Å². The van der Waals surface area contributed by atoms with E-state index in [4.69, 9.17) is 4.42 Å². The molecule has 0 amide bonds. The minimum absolute atomic E-state index is 0.884. The number of furan rings is 1. The van der Waals surface area contributed by atoms with Gasteiger partial charge in [0, 0.05) is 38.7 Å². The Balaban J connectivity index is 1.10. The van der Waals surface area contributed by atoms with Gasteiger partial charge in [0.15, 0.2) is 0 Å². The second-order valence-electron chi connectivity index (χ2n) is 16.0. The molecule has 0 atom stereocenters. The minimum atomic E-state index is 0.884. The molecule has 1 heterocycles. The summed E-state index contributed by atoms with van der Waals surface area (Å²) in [5.41, 5.74) is 14.3. The molecule has 0 aliphatic rings. The Labute approximate surface area is 360 Å². The molecule has 0 unspecified atom stereocenters. The van der Waals surface area contributed by atoms with E-state index in [0.29, 0.717) is 0 Å². The first-order chi connectivity index (χ1) is 30.8. The van der Waals surface area contributed by atoms with Gasteiger partial charge < -0.3 is 9.32 Å². The average Bonchev–Trinajstić information content (AvgIpc) is 3.74. The maximum Gasteiger partial charge on any atom is 0.143 e. The number of hydrogen-bond acceptors (Lipinski definition) is 2. The molecule has 2 heteroatoms. The molecule has 0 N–H and O–H groups in total. The van der Waals surface area contributed by atoms with Crippen molar-refractivity contribution in [1.82, 2.24) is 0 Å². The van der Waals surface area contributed by atoms with Crippen LogP contribution in [0.15, 0.2) is 241 Å². The summed E-state index contributed by atoms with van der Waals surface area (Å²) >= 11 is 0. The fraction of sp³-hybridized carbons (Fsp3) is 0. The Hall–Kier alpha value is -8.20. The third kappa shape index (κ3) is 5.88. The maximum absolute atomic E-state index is 6.95. The van der Waals surface area contributed by atoms with Crippen molar-refractivity contribution in [3.8, 4) is 44.5 Å². The van der Waals surface area contributed by atoms with Crippen LogP contribution in [0.2, 0.25) is 0 Å². The summed E-state index contributed by atoms with van der Waals surface area (Å²) < 4.78 is 6.95. The summed E-state index contributed by atoms with van der Waals surface area (Å²) in [5.74, 6) is 0. The lowest BCUT2D eigenvalue weighted by atomic mass is 9.85. The fourth-order valence-electron chi connectivity index (χ4n) is 9.64. The van der Waals surface area contributed by atoms with Gasteiger partial charge in [-0.2, -0.15) is 0 Å². The van der Waals surface area contributed by atoms with Gasteiger partial charge in [-0.1, -0.05) is 200 Å². The summed E-state index contributed by atoms with van der Waals surface area (Å²) in [6, 6.07) is 85.4. The molecule has 11 aromatic carbocycles. The molecular weight excluding hydrogens is 751 g/mol. The summed E-state index contributed by atoms with van der Waals surface area (Å²) in [7, 11) is 0. The van der Waals surface area contributed by atoms with Gasteiger partial charge in [0.05, 0.1) is 5.69 Å². The van der Waals surface area contributed by atoms with Crippen LogP contribution >= 0.6 is 0 Å². The van der Waals surface area contributed by atoms with Crippen LogP contribution in [0.3, 0.4) is 0 Å². The van der Waals surface area contributed by atoms with E-state index >= 15 is 0 Å². The second kappa shape index (κ2) is 14.8. The predicted octanol–water partition coefficient (Wildman–Crippen LogP) is 17.2. The van der Waals surface area contributed by atoms with Gasteiger partial charge in [-0.25, -0.2) is 0 Å². The predicted molar refractivity (Wildman–Crippen MR) is 263 cm³/mol. The van der Waals surface area contributed by atoms with E-state index in [9.17, 15) is 0 Å².